The number of aromatic carboxylic acids is 1. The molecule has 1 fully saturated rings. The van der Waals surface area contributed by atoms with Gasteiger partial charge in [-0.1, -0.05) is 6.42 Å². The van der Waals surface area contributed by atoms with E-state index < -0.39 is 34.1 Å². The predicted molar refractivity (Wildman–Crippen MR) is 73.4 cm³/mol. The van der Waals surface area contributed by atoms with Crippen LogP contribution >= 0.6 is 11.3 Å². The first-order valence-electron chi connectivity index (χ1n) is 6.50. The molecule has 0 amide bonds. The zero-order valence-electron chi connectivity index (χ0n) is 11.3. The van der Waals surface area contributed by atoms with Gasteiger partial charge in [0, 0.05) is 11.4 Å². The second kappa shape index (κ2) is 6.17. The van der Waals surface area contributed by atoms with Gasteiger partial charge in [0.2, 0.25) is 10.0 Å². The molecule has 1 saturated carbocycles. The average Bonchev–Trinajstić information content (AvgIpc) is 2.88. The lowest BCUT2D eigenvalue weighted by atomic mass is 9.86. The minimum absolute atomic E-state index is 0.00386. The van der Waals surface area contributed by atoms with Crippen LogP contribution < -0.4 is 4.72 Å². The van der Waals surface area contributed by atoms with Crippen molar-refractivity contribution in [3.8, 4) is 0 Å². The van der Waals surface area contributed by atoms with E-state index in [0.717, 1.165) is 17.4 Å². The number of alkyl halides is 3. The van der Waals surface area contributed by atoms with Crippen molar-refractivity contribution in [2.24, 2.45) is 5.92 Å². The summed E-state index contributed by atoms with van der Waals surface area (Å²) in [6, 6.07) is 0.208. The van der Waals surface area contributed by atoms with E-state index in [4.69, 9.17) is 5.11 Å². The number of thiophene rings is 1. The smallest absolute Gasteiger partial charge is 0.391 e. The highest BCUT2D eigenvalue weighted by molar-refractivity contribution is 7.91. The number of rotatable bonds is 4. The number of carboxylic acids is 1. The van der Waals surface area contributed by atoms with Gasteiger partial charge in [-0.25, -0.2) is 17.9 Å². The van der Waals surface area contributed by atoms with Crippen molar-refractivity contribution < 1.29 is 31.5 Å². The van der Waals surface area contributed by atoms with Crippen LogP contribution in [0.4, 0.5) is 13.2 Å². The Kier molecular flexibility index (Phi) is 4.83. The average molecular weight is 357 g/mol. The molecule has 5 nitrogen and oxygen atoms in total. The number of nitrogens with one attached hydrogen (secondary N) is 1. The Morgan fingerprint density at radius 3 is 2.59 bits per heavy atom. The topological polar surface area (TPSA) is 83.5 Å². The molecule has 2 rings (SSSR count). The van der Waals surface area contributed by atoms with Crippen LogP contribution in [0.2, 0.25) is 0 Å². The lowest BCUT2D eigenvalue weighted by molar-refractivity contribution is -0.183. The van der Waals surface area contributed by atoms with E-state index >= 15 is 0 Å². The largest absolute Gasteiger partial charge is 0.478 e. The zero-order valence-corrected chi connectivity index (χ0v) is 12.9. The molecule has 22 heavy (non-hydrogen) atoms. The molecular weight excluding hydrogens is 343 g/mol. The molecule has 1 aromatic heterocycles. The summed E-state index contributed by atoms with van der Waals surface area (Å²) >= 11 is 0.726. The fourth-order valence-electron chi connectivity index (χ4n) is 2.44. The Morgan fingerprint density at radius 2 is 2.05 bits per heavy atom. The fraction of sp³-hybridized carbons (Fsp3) is 0.583. The maximum absolute atomic E-state index is 12.7. The van der Waals surface area contributed by atoms with Crippen LogP contribution in [0.25, 0.3) is 0 Å². The van der Waals surface area contributed by atoms with Gasteiger partial charge < -0.3 is 5.11 Å². The molecular formula is C12H14F3NO4S2. The lowest BCUT2D eigenvalue weighted by Gasteiger charge is -2.30. The van der Waals surface area contributed by atoms with Crippen LogP contribution in [-0.4, -0.2) is 31.7 Å². The Bertz CT molecular complexity index is 654. The molecule has 0 radical (unpaired) electrons. The van der Waals surface area contributed by atoms with Gasteiger partial charge in [0.1, 0.15) is 4.21 Å². The van der Waals surface area contributed by atoms with Gasteiger partial charge in [-0.3, -0.25) is 0 Å². The third kappa shape index (κ3) is 3.99. The van der Waals surface area contributed by atoms with Gasteiger partial charge in [0.25, 0.3) is 0 Å². The summed E-state index contributed by atoms with van der Waals surface area (Å²) in [5, 5.41) is 9.95. The van der Waals surface area contributed by atoms with Crippen molar-refractivity contribution in [1.82, 2.24) is 4.72 Å². The van der Waals surface area contributed by atoms with Crippen LogP contribution in [0, 0.1) is 5.92 Å². The van der Waals surface area contributed by atoms with Gasteiger partial charge >= 0.3 is 12.1 Å². The second-order valence-electron chi connectivity index (χ2n) is 5.18. The van der Waals surface area contributed by atoms with E-state index in [9.17, 15) is 26.4 Å². The SMILES string of the molecule is O=C(O)c1csc(S(=O)(=O)NC2CCCC(C(F)(F)F)C2)c1. The predicted octanol–water partition coefficient (Wildman–Crippen LogP) is 2.85. The lowest BCUT2D eigenvalue weighted by Crippen LogP contribution is -2.41. The van der Waals surface area contributed by atoms with Crippen molar-refractivity contribution in [3.05, 3.63) is 17.0 Å². The zero-order chi connectivity index (χ0) is 16.5. The first kappa shape index (κ1) is 17.2. The third-order valence-electron chi connectivity index (χ3n) is 3.55. The highest BCUT2D eigenvalue weighted by Crippen LogP contribution is 2.38. The molecule has 10 heteroatoms. The Labute approximate surface area is 129 Å². The van der Waals surface area contributed by atoms with Crippen LogP contribution in [-0.2, 0) is 10.0 Å². The Hall–Kier alpha value is -1.13. The summed E-state index contributed by atoms with van der Waals surface area (Å²) in [6.07, 6.45) is -3.99. The van der Waals surface area contributed by atoms with Gasteiger partial charge in [0.15, 0.2) is 0 Å². The summed E-state index contributed by atoms with van der Waals surface area (Å²) in [7, 11) is -4.00. The quantitative estimate of drug-likeness (QED) is 0.868. The first-order chi connectivity index (χ1) is 10.1. The molecule has 2 unspecified atom stereocenters. The molecule has 0 saturated heterocycles. The minimum atomic E-state index is -4.33. The van der Waals surface area contributed by atoms with Gasteiger partial charge in [-0.2, -0.15) is 13.2 Å². The van der Waals surface area contributed by atoms with Crippen molar-refractivity contribution in [2.75, 3.05) is 0 Å². The summed E-state index contributed by atoms with van der Waals surface area (Å²) in [5.41, 5.74) is -0.165. The molecule has 2 atom stereocenters. The third-order valence-corrected chi connectivity index (χ3v) is 6.51. The highest BCUT2D eigenvalue weighted by atomic mass is 32.2. The molecule has 1 aromatic rings. The van der Waals surface area contributed by atoms with Crippen molar-refractivity contribution in [3.63, 3.8) is 0 Å². The fourth-order valence-corrected chi connectivity index (χ4v) is 4.89. The van der Waals surface area contributed by atoms with E-state index in [1.165, 1.54) is 5.38 Å². The van der Waals surface area contributed by atoms with Crippen molar-refractivity contribution >= 4 is 27.3 Å². The summed E-state index contributed by atoms with van der Waals surface area (Å²) in [4.78, 5) is 10.8. The minimum Gasteiger partial charge on any atom is -0.478 e. The molecule has 1 aliphatic rings. The molecule has 1 aliphatic carbocycles. The van der Waals surface area contributed by atoms with Gasteiger partial charge in [-0.05, 0) is 25.3 Å². The van der Waals surface area contributed by atoms with Crippen molar-refractivity contribution in [1.29, 1.82) is 0 Å². The van der Waals surface area contributed by atoms with Gasteiger partial charge in [0.05, 0.1) is 11.5 Å². The number of halogens is 3. The van der Waals surface area contributed by atoms with Gasteiger partial charge in [-0.15, -0.1) is 11.3 Å². The maximum Gasteiger partial charge on any atom is 0.391 e. The summed E-state index contributed by atoms with van der Waals surface area (Å²) in [6.45, 7) is 0. The number of sulfonamides is 1. The van der Waals surface area contributed by atoms with E-state index in [-0.39, 0.29) is 22.6 Å². The maximum atomic E-state index is 12.7. The number of carboxylic acid groups (broad SMARTS) is 1. The number of hydrogen-bond acceptors (Lipinski definition) is 4. The monoisotopic (exact) mass is 357 g/mol. The second-order valence-corrected chi connectivity index (χ2v) is 8.03. The van der Waals surface area contributed by atoms with E-state index in [0.29, 0.717) is 12.8 Å². The molecule has 2 N–H and O–H groups in total. The summed E-state index contributed by atoms with van der Waals surface area (Å²) in [5.74, 6) is -2.76. The molecule has 0 spiro atoms. The number of hydrogen-bond donors (Lipinski definition) is 2. The summed E-state index contributed by atoms with van der Waals surface area (Å²) < 4.78 is 64.4. The van der Waals surface area contributed by atoms with Crippen LogP contribution in [0.15, 0.2) is 15.7 Å². The van der Waals surface area contributed by atoms with E-state index in [1.54, 1.807) is 0 Å². The molecule has 0 aromatic carbocycles. The van der Waals surface area contributed by atoms with Crippen molar-refractivity contribution in [2.45, 2.75) is 42.1 Å². The molecule has 124 valence electrons. The Morgan fingerprint density at radius 1 is 1.36 bits per heavy atom. The number of carbonyl (C=O) groups is 1. The Balaban J connectivity index is 2.09. The highest BCUT2D eigenvalue weighted by Gasteiger charge is 2.42. The first-order valence-corrected chi connectivity index (χ1v) is 8.87. The van der Waals surface area contributed by atoms with E-state index in [1.807, 2.05) is 0 Å². The molecule has 0 aliphatic heterocycles. The standard InChI is InChI=1S/C12H14F3NO4S2/c13-12(14,15)8-2-1-3-9(5-8)16-22(19,20)10-4-7(6-21-10)11(17)18/h4,6,8-9,16H,1-3,5H2,(H,17,18). The van der Waals surface area contributed by atoms with Crippen LogP contribution in [0.5, 0.6) is 0 Å². The van der Waals surface area contributed by atoms with E-state index in [2.05, 4.69) is 4.72 Å². The van der Waals surface area contributed by atoms with Crippen LogP contribution in [0.1, 0.15) is 36.0 Å². The molecule has 0 bridgehead atoms. The molecule has 1 heterocycles. The van der Waals surface area contributed by atoms with Crippen LogP contribution in [0.3, 0.4) is 0 Å². The normalized spacial score (nSPS) is 23.4.